The van der Waals surface area contributed by atoms with Crippen LogP contribution < -0.4 is 11.1 Å². The first-order chi connectivity index (χ1) is 10.2. The third kappa shape index (κ3) is 3.11. The molecule has 1 aliphatic carbocycles. The average molecular weight is 285 g/mol. The summed E-state index contributed by atoms with van der Waals surface area (Å²) < 4.78 is 0. The Kier molecular flexibility index (Phi) is 3.96. The van der Waals surface area contributed by atoms with Crippen molar-refractivity contribution in [2.45, 2.75) is 37.8 Å². The summed E-state index contributed by atoms with van der Waals surface area (Å²) in [7, 11) is 0. The number of hydrogen-bond donors (Lipinski definition) is 2. The largest absolute Gasteiger partial charge is 0.346 e. The van der Waals surface area contributed by atoms with Crippen LogP contribution in [0.4, 0.5) is 0 Å². The molecule has 6 heteroatoms. The number of para-hydroxylation sites is 1. The maximum Gasteiger partial charge on any atom is 0.273 e. The van der Waals surface area contributed by atoms with E-state index in [0.29, 0.717) is 5.69 Å². The van der Waals surface area contributed by atoms with E-state index in [1.165, 1.54) is 11.0 Å². The molecule has 0 bridgehead atoms. The third-order valence-electron chi connectivity index (χ3n) is 3.85. The maximum absolute atomic E-state index is 12.2. The predicted octanol–water partition coefficient (Wildman–Crippen LogP) is 1.27. The number of amides is 1. The van der Waals surface area contributed by atoms with Crippen LogP contribution in [0.15, 0.2) is 36.5 Å². The van der Waals surface area contributed by atoms with Gasteiger partial charge in [-0.2, -0.15) is 9.90 Å². The second-order valence-electron chi connectivity index (χ2n) is 5.38. The molecule has 1 amide bonds. The van der Waals surface area contributed by atoms with Crippen molar-refractivity contribution in [3.8, 4) is 5.69 Å². The molecule has 21 heavy (non-hydrogen) atoms. The van der Waals surface area contributed by atoms with Gasteiger partial charge in [-0.25, -0.2) is 0 Å². The van der Waals surface area contributed by atoms with E-state index in [4.69, 9.17) is 5.73 Å². The van der Waals surface area contributed by atoms with Gasteiger partial charge in [0.1, 0.15) is 0 Å². The molecule has 3 N–H and O–H groups in total. The van der Waals surface area contributed by atoms with Gasteiger partial charge < -0.3 is 11.1 Å². The highest BCUT2D eigenvalue weighted by Gasteiger charge is 2.24. The van der Waals surface area contributed by atoms with E-state index in [0.717, 1.165) is 31.4 Å². The Morgan fingerprint density at radius 3 is 2.76 bits per heavy atom. The predicted molar refractivity (Wildman–Crippen MR) is 79.1 cm³/mol. The van der Waals surface area contributed by atoms with Crippen molar-refractivity contribution < 1.29 is 4.79 Å². The molecular formula is C15H19N5O. The molecule has 0 saturated heterocycles. The fraction of sp³-hybridized carbons (Fsp3) is 0.400. The Labute approximate surface area is 123 Å². The molecule has 2 atom stereocenters. The van der Waals surface area contributed by atoms with Gasteiger partial charge in [-0.1, -0.05) is 31.0 Å². The molecule has 0 aliphatic heterocycles. The number of nitrogens with one attached hydrogen (secondary N) is 1. The van der Waals surface area contributed by atoms with Crippen LogP contribution in [0.3, 0.4) is 0 Å². The van der Waals surface area contributed by atoms with Crippen molar-refractivity contribution in [2.75, 3.05) is 0 Å². The minimum atomic E-state index is -0.209. The Bertz CT molecular complexity index is 610. The summed E-state index contributed by atoms with van der Waals surface area (Å²) in [5.74, 6) is -0.209. The minimum Gasteiger partial charge on any atom is -0.346 e. The molecule has 2 unspecified atom stereocenters. The number of rotatable bonds is 3. The Morgan fingerprint density at radius 1 is 1.24 bits per heavy atom. The van der Waals surface area contributed by atoms with Crippen molar-refractivity contribution in [1.29, 1.82) is 0 Å². The molecule has 1 saturated carbocycles. The lowest BCUT2D eigenvalue weighted by Crippen LogP contribution is -2.49. The number of carbonyl (C=O) groups excluding carboxylic acids is 1. The summed E-state index contributed by atoms with van der Waals surface area (Å²) in [5.41, 5.74) is 7.19. The first-order valence-corrected chi connectivity index (χ1v) is 7.28. The lowest BCUT2D eigenvalue weighted by atomic mass is 9.91. The van der Waals surface area contributed by atoms with Gasteiger partial charge in [0.15, 0.2) is 5.69 Å². The Hall–Kier alpha value is -2.21. The number of benzene rings is 1. The smallest absolute Gasteiger partial charge is 0.273 e. The van der Waals surface area contributed by atoms with Gasteiger partial charge in [0.25, 0.3) is 5.91 Å². The van der Waals surface area contributed by atoms with E-state index in [-0.39, 0.29) is 18.0 Å². The van der Waals surface area contributed by atoms with Gasteiger partial charge in [0.05, 0.1) is 11.9 Å². The molecule has 2 aromatic rings. The van der Waals surface area contributed by atoms with E-state index in [9.17, 15) is 4.79 Å². The number of carbonyl (C=O) groups is 1. The molecule has 6 nitrogen and oxygen atoms in total. The van der Waals surface area contributed by atoms with Gasteiger partial charge in [-0.3, -0.25) is 4.79 Å². The van der Waals surface area contributed by atoms with Gasteiger partial charge in [0, 0.05) is 12.1 Å². The first kappa shape index (κ1) is 13.8. The average Bonchev–Trinajstić information content (AvgIpc) is 3.00. The summed E-state index contributed by atoms with van der Waals surface area (Å²) in [5, 5.41) is 11.3. The minimum absolute atomic E-state index is 0.0341. The SMILES string of the molecule is NC1CCCCC1NC(=O)c1cnn(-c2ccccc2)n1. The molecule has 1 fully saturated rings. The van der Waals surface area contributed by atoms with Gasteiger partial charge >= 0.3 is 0 Å². The second-order valence-corrected chi connectivity index (χ2v) is 5.38. The molecule has 110 valence electrons. The van der Waals surface area contributed by atoms with E-state index in [1.54, 1.807) is 0 Å². The molecule has 0 radical (unpaired) electrons. The van der Waals surface area contributed by atoms with Crippen molar-refractivity contribution in [2.24, 2.45) is 5.73 Å². The van der Waals surface area contributed by atoms with Gasteiger partial charge in [0.2, 0.25) is 0 Å². The fourth-order valence-corrected chi connectivity index (χ4v) is 2.63. The number of nitrogens with two attached hydrogens (primary N) is 1. The topological polar surface area (TPSA) is 85.8 Å². The van der Waals surface area contributed by atoms with Crippen molar-refractivity contribution in [3.63, 3.8) is 0 Å². The van der Waals surface area contributed by atoms with Gasteiger partial charge in [-0.05, 0) is 25.0 Å². The van der Waals surface area contributed by atoms with E-state index < -0.39 is 0 Å². The summed E-state index contributed by atoms with van der Waals surface area (Å²) in [6.45, 7) is 0. The molecule has 1 aromatic carbocycles. The first-order valence-electron chi connectivity index (χ1n) is 7.28. The molecule has 1 aliphatic rings. The highest BCUT2D eigenvalue weighted by Crippen LogP contribution is 2.17. The highest BCUT2D eigenvalue weighted by atomic mass is 16.2. The van der Waals surface area contributed by atoms with Crippen molar-refractivity contribution in [1.82, 2.24) is 20.3 Å². The van der Waals surface area contributed by atoms with Crippen LogP contribution in [0.1, 0.15) is 36.2 Å². The standard InChI is InChI=1S/C15H19N5O/c16-12-8-4-5-9-13(12)18-15(21)14-10-17-20(19-14)11-6-2-1-3-7-11/h1-3,6-7,10,12-13H,4-5,8-9,16H2,(H,18,21). The molecule has 3 rings (SSSR count). The third-order valence-corrected chi connectivity index (χ3v) is 3.85. The molecule has 0 spiro atoms. The Morgan fingerprint density at radius 2 is 2.00 bits per heavy atom. The van der Waals surface area contributed by atoms with Crippen LogP contribution in [-0.4, -0.2) is 33.0 Å². The summed E-state index contributed by atoms with van der Waals surface area (Å²) in [6.07, 6.45) is 5.62. The monoisotopic (exact) mass is 285 g/mol. The second kappa shape index (κ2) is 6.05. The van der Waals surface area contributed by atoms with Crippen LogP contribution >= 0.6 is 0 Å². The van der Waals surface area contributed by atoms with Crippen molar-refractivity contribution >= 4 is 5.91 Å². The van der Waals surface area contributed by atoms with Crippen LogP contribution in [0.25, 0.3) is 5.69 Å². The zero-order valence-electron chi connectivity index (χ0n) is 11.8. The quantitative estimate of drug-likeness (QED) is 0.889. The fourth-order valence-electron chi connectivity index (χ4n) is 2.63. The Balaban J connectivity index is 1.69. The number of nitrogens with zero attached hydrogens (tertiary/aromatic N) is 3. The zero-order valence-corrected chi connectivity index (χ0v) is 11.8. The lowest BCUT2D eigenvalue weighted by molar-refractivity contribution is 0.0915. The molecular weight excluding hydrogens is 266 g/mol. The van der Waals surface area contributed by atoms with Crippen molar-refractivity contribution in [3.05, 3.63) is 42.2 Å². The van der Waals surface area contributed by atoms with E-state index in [1.807, 2.05) is 30.3 Å². The lowest BCUT2D eigenvalue weighted by Gasteiger charge is -2.28. The maximum atomic E-state index is 12.2. The highest BCUT2D eigenvalue weighted by molar-refractivity contribution is 5.92. The van der Waals surface area contributed by atoms with Crippen LogP contribution in [0.2, 0.25) is 0 Å². The molecule has 1 heterocycles. The van der Waals surface area contributed by atoms with Crippen LogP contribution in [0, 0.1) is 0 Å². The van der Waals surface area contributed by atoms with Gasteiger partial charge in [-0.15, -0.1) is 5.10 Å². The summed E-state index contributed by atoms with van der Waals surface area (Å²) in [4.78, 5) is 13.7. The number of aromatic nitrogens is 3. The molecule has 1 aromatic heterocycles. The van der Waals surface area contributed by atoms with Crippen LogP contribution in [0.5, 0.6) is 0 Å². The van der Waals surface area contributed by atoms with Crippen LogP contribution in [-0.2, 0) is 0 Å². The van der Waals surface area contributed by atoms with E-state index >= 15 is 0 Å². The summed E-state index contributed by atoms with van der Waals surface area (Å²) in [6, 6.07) is 9.57. The normalized spacial score (nSPS) is 22.0. The van der Waals surface area contributed by atoms with E-state index in [2.05, 4.69) is 15.5 Å². The summed E-state index contributed by atoms with van der Waals surface area (Å²) >= 11 is 0. The zero-order chi connectivity index (χ0) is 14.7. The number of hydrogen-bond acceptors (Lipinski definition) is 4.